The lowest BCUT2D eigenvalue weighted by Gasteiger charge is -1.94. The summed E-state index contributed by atoms with van der Waals surface area (Å²) in [7, 11) is 0. The molecule has 0 aromatic rings. The number of carbonyl (C=O) groups excluding carboxylic acids is 1. The van der Waals surface area contributed by atoms with Gasteiger partial charge in [-0.1, -0.05) is 38.3 Å². The summed E-state index contributed by atoms with van der Waals surface area (Å²) in [5, 5.41) is 0. The van der Waals surface area contributed by atoms with Gasteiger partial charge in [-0.3, -0.25) is 0 Å². The fourth-order valence-electron chi connectivity index (χ4n) is 1.41. The van der Waals surface area contributed by atoms with Crippen LogP contribution in [0.4, 0.5) is 0 Å². The van der Waals surface area contributed by atoms with Crippen molar-refractivity contribution in [2.24, 2.45) is 0 Å². The zero-order chi connectivity index (χ0) is 10.5. The number of carbonyl (C=O) groups is 1. The van der Waals surface area contributed by atoms with Crippen LogP contribution in [-0.4, -0.2) is 6.29 Å². The number of unbranched alkanes of at least 4 members (excludes halogenated alkanes) is 7. The van der Waals surface area contributed by atoms with Crippen LogP contribution in [0, 0.1) is 0 Å². The first kappa shape index (κ1) is 13.4. The van der Waals surface area contributed by atoms with E-state index in [1.54, 1.807) is 0 Å². The number of aldehydes is 1. The van der Waals surface area contributed by atoms with Gasteiger partial charge in [0.25, 0.3) is 0 Å². The molecule has 0 fully saturated rings. The van der Waals surface area contributed by atoms with E-state index >= 15 is 0 Å². The van der Waals surface area contributed by atoms with Crippen molar-refractivity contribution in [1.29, 1.82) is 0 Å². The van der Waals surface area contributed by atoms with Gasteiger partial charge in [-0.25, -0.2) is 0 Å². The van der Waals surface area contributed by atoms with Gasteiger partial charge in [0.05, 0.1) is 0 Å². The number of hydrogen-bond acceptors (Lipinski definition) is 1. The van der Waals surface area contributed by atoms with E-state index in [4.69, 9.17) is 0 Å². The summed E-state index contributed by atoms with van der Waals surface area (Å²) in [6.07, 6.45) is 16.2. The van der Waals surface area contributed by atoms with Crippen LogP contribution in [0.5, 0.6) is 0 Å². The number of allylic oxidation sites excluding steroid dienone is 2. The Morgan fingerprint density at radius 2 is 1.36 bits per heavy atom. The Bertz CT molecular complexity index is 138. The summed E-state index contributed by atoms with van der Waals surface area (Å²) in [6, 6.07) is 0. The first-order chi connectivity index (χ1) is 6.91. The molecule has 14 heavy (non-hydrogen) atoms. The van der Waals surface area contributed by atoms with Crippen molar-refractivity contribution in [1.82, 2.24) is 0 Å². The fraction of sp³-hybridized carbons (Fsp3) is 0.769. The van der Waals surface area contributed by atoms with Crippen LogP contribution in [0.3, 0.4) is 0 Å². The molecule has 82 valence electrons. The standard InChI is InChI=1S/C13H24O/c1-2-3-4-5-6-7-8-9-10-11-12-13-14/h7-8,13H,2-6,9-12H2,1H3. The lowest BCUT2D eigenvalue weighted by atomic mass is 10.1. The Morgan fingerprint density at radius 1 is 0.786 bits per heavy atom. The second kappa shape index (κ2) is 12.4. The van der Waals surface area contributed by atoms with E-state index in [1.165, 1.54) is 32.1 Å². The molecule has 0 aromatic heterocycles. The first-order valence-corrected chi connectivity index (χ1v) is 6.00. The fourth-order valence-corrected chi connectivity index (χ4v) is 1.41. The average molecular weight is 196 g/mol. The molecule has 0 unspecified atom stereocenters. The van der Waals surface area contributed by atoms with Crippen molar-refractivity contribution in [3.63, 3.8) is 0 Å². The molecular formula is C13H24O. The van der Waals surface area contributed by atoms with E-state index in [0.717, 1.165) is 32.0 Å². The molecule has 0 saturated carbocycles. The zero-order valence-electron chi connectivity index (χ0n) is 9.50. The third-order valence-electron chi connectivity index (χ3n) is 2.33. The van der Waals surface area contributed by atoms with Crippen LogP contribution < -0.4 is 0 Å². The summed E-state index contributed by atoms with van der Waals surface area (Å²) < 4.78 is 0. The highest BCUT2D eigenvalue weighted by atomic mass is 16.1. The van der Waals surface area contributed by atoms with E-state index in [2.05, 4.69) is 19.1 Å². The van der Waals surface area contributed by atoms with Crippen molar-refractivity contribution in [3.05, 3.63) is 12.2 Å². The molecule has 1 heteroatoms. The Balaban J connectivity index is 2.99. The number of rotatable bonds is 10. The molecule has 0 spiro atoms. The van der Waals surface area contributed by atoms with Crippen molar-refractivity contribution in [3.8, 4) is 0 Å². The van der Waals surface area contributed by atoms with Crippen LogP contribution in [-0.2, 0) is 4.79 Å². The SMILES string of the molecule is CCCCCCC=CCCCCC=O. The highest BCUT2D eigenvalue weighted by Gasteiger charge is 1.86. The van der Waals surface area contributed by atoms with Crippen molar-refractivity contribution < 1.29 is 4.79 Å². The lowest BCUT2D eigenvalue weighted by molar-refractivity contribution is -0.107. The summed E-state index contributed by atoms with van der Waals surface area (Å²) in [4.78, 5) is 10.0. The maximum atomic E-state index is 10.0. The molecule has 0 atom stereocenters. The molecule has 0 aromatic carbocycles. The minimum atomic E-state index is 0.727. The summed E-state index contributed by atoms with van der Waals surface area (Å²) in [6.45, 7) is 2.24. The van der Waals surface area contributed by atoms with E-state index in [0.29, 0.717) is 0 Å². The zero-order valence-corrected chi connectivity index (χ0v) is 9.50. The molecule has 0 saturated heterocycles. The third-order valence-corrected chi connectivity index (χ3v) is 2.33. The predicted molar refractivity (Wildman–Crippen MR) is 62.4 cm³/mol. The largest absolute Gasteiger partial charge is 0.303 e. The minimum Gasteiger partial charge on any atom is -0.303 e. The van der Waals surface area contributed by atoms with E-state index < -0.39 is 0 Å². The second-order valence-corrected chi connectivity index (χ2v) is 3.77. The van der Waals surface area contributed by atoms with Crippen molar-refractivity contribution in [2.45, 2.75) is 64.7 Å². The molecule has 0 amide bonds. The van der Waals surface area contributed by atoms with Gasteiger partial charge in [-0.05, 0) is 32.1 Å². The van der Waals surface area contributed by atoms with Crippen LogP contribution >= 0.6 is 0 Å². The second-order valence-electron chi connectivity index (χ2n) is 3.77. The van der Waals surface area contributed by atoms with Gasteiger partial charge in [-0.15, -0.1) is 0 Å². The third kappa shape index (κ3) is 11.4. The van der Waals surface area contributed by atoms with Crippen molar-refractivity contribution >= 4 is 6.29 Å². The van der Waals surface area contributed by atoms with Crippen molar-refractivity contribution in [2.75, 3.05) is 0 Å². The summed E-state index contributed by atoms with van der Waals surface area (Å²) in [5.41, 5.74) is 0. The quantitative estimate of drug-likeness (QED) is 0.290. The van der Waals surface area contributed by atoms with E-state index in [-0.39, 0.29) is 0 Å². The highest BCUT2D eigenvalue weighted by molar-refractivity contribution is 5.48. The Kier molecular flexibility index (Phi) is 11.9. The Labute approximate surface area is 88.6 Å². The van der Waals surface area contributed by atoms with Gasteiger partial charge < -0.3 is 4.79 Å². The predicted octanol–water partition coefficient (Wildman–Crippen LogP) is 4.27. The monoisotopic (exact) mass is 196 g/mol. The van der Waals surface area contributed by atoms with Gasteiger partial charge >= 0.3 is 0 Å². The Morgan fingerprint density at radius 3 is 1.93 bits per heavy atom. The maximum absolute atomic E-state index is 10.0. The summed E-state index contributed by atoms with van der Waals surface area (Å²) in [5.74, 6) is 0. The molecule has 0 rings (SSSR count). The maximum Gasteiger partial charge on any atom is 0.119 e. The van der Waals surface area contributed by atoms with Gasteiger partial charge in [0.1, 0.15) is 6.29 Å². The number of hydrogen-bond donors (Lipinski definition) is 0. The molecule has 0 radical (unpaired) electrons. The van der Waals surface area contributed by atoms with Crippen LogP contribution in [0.25, 0.3) is 0 Å². The minimum absolute atomic E-state index is 0.727. The van der Waals surface area contributed by atoms with Crippen LogP contribution in [0.1, 0.15) is 64.7 Å². The van der Waals surface area contributed by atoms with E-state index in [1.807, 2.05) is 0 Å². The molecular weight excluding hydrogens is 172 g/mol. The molecule has 0 aliphatic rings. The summed E-state index contributed by atoms with van der Waals surface area (Å²) >= 11 is 0. The normalized spacial score (nSPS) is 10.9. The highest BCUT2D eigenvalue weighted by Crippen LogP contribution is 2.04. The molecule has 0 aliphatic heterocycles. The van der Waals surface area contributed by atoms with Crippen LogP contribution in [0.2, 0.25) is 0 Å². The van der Waals surface area contributed by atoms with Gasteiger partial charge in [0.2, 0.25) is 0 Å². The first-order valence-electron chi connectivity index (χ1n) is 6.00. The van der Waals surface area contributed by atoms with Gasteiger partial charge in [-0.2, -0.15) is 0 Å². The van der Waals surface area contributed by atoms with Gasteiger partial charge in [0.15, 0.2) is 0 Å². The van der Waals surface area contributed by atoms with Crippen LogP contribution in [0.15, 0.2) is 12.2 Å². The smallest absolute Gasteiger partial charge is 0.119 e. The molecule has 0 bridgehead atoms. The molecule has 0 heterocycles. The lowest BCUT2D eigenvalue weighted by Crippen LogP contribution is -1.77. The molecule has 1 nitrogen and oxygen atoms in total. The van der Waals surface area contributed by atoms with E-state index in [9.17, 15) is 4.79 Å². The van der Waals surface area contributed by atoms with Gasteiger partial charge in [0, 0.05) is 6.42 Å². The average Bonchev–Trinajstić information content (AvgIpc) is 2.21. The Hall–Kier alpha value is -0.590. The topological polar surface area (TPSA) is 17.1 Å². The molecule has 0 aliphatic carbocycles. The molecule has 0 N–H and O–H groups in total.